The summed E-state index contributed by atoms with van der Waals surface area (Å²) in [5.74, 6) is -2.09. The number of halogens is 1. The van der Waals surface area contributed by atoms with Crippen molar-refractivity contribution in [2.24, 2.45) is 0 Å². The number of hydrogen-bond acceptors (Lipinski definition) is 12. The normalized spacial score (nSPS) is 14.5. The number of nitro groups is 2. The van der Waals surface area contributed by atoms with Gasteiger partial charge in [-0.05, 0) is 39.3 Å². The van der Waals surface area contributed by atoms with Crippen molar-refractivity contribution in [2.75, 3.05) is 25.5 Å². The first-order valence-electron chi connectivity index (χ1n) is 11.2. The predicted molar refractivity (Wildman–Crippen MR) is 135 cm³/mol. The smallest absolute Gasteiger partial charge is 0.410 e. The van der Waals surface area contributed by atoms with E-state index in [0.717, 1.165) is 18.2 Å². The fourth-order valence-electron chi connectivity index (χ4n) is 3.17. The molecular weight excluding hydrogens is 544 g/mol. The number of carbonyl (C=O) groups excluding carboxylic acids is 2. The van der Waals surface area contributed by atoms with Crippen molar-refractivity contribution in [3.8, 4) is 0 Å². The van der Waals surface area contributed by atoms with Crippen LogP contribution in [-0.4, -0.2) is 79.7 Å². The summed E-state index contributed by atoms with van der Waals surface area (Å²) in [5.41, 5.74) is -1.64. The molecule has 0 saturated carbocycles. The summed E-state index contributed by atoms with van der Waals surface area (Å²) in [6, 6.07) is 4.16. The zero-order valence-corrected chi connectivity index (χ0v) is 22.0. The molecular formula is C22H25ClN6O10. The Morgan fingerprint density at radius 2 is 1.67 bits per heavy atom. The number of nitrogens with one attached hydrogen (secondary N) is 1. The highest BCUT2D eigenvalue weighted by atomic mass is 35.5. The molecule has 3 heterocycles. The minimum atomic E-state index is -1.28. The number of esters is 1. The van der Waals surface area contributed by atoms with Gasteiger partial charge in [0.1, 0.15) is 5.60 Å². The Morgan fingerprint density at radius 1 is 1.08 bits per heavy atom. The van der Waals surface area contributed by atoms with Crippen molar-refractivity contribution < 1.29 is 38.8 Å². The largest absolute Gasteiger partial charge is 0.477 e. The van der Waals surface area contributed by atoms with Crippen LogP contribution in [0.15, 0.2) is 24.3 Å². The van der Waals surface area contributed by atoms with Gasteiger partial charge in [0.05, 0.1) is 17.0 Å². The Hall–Kier alpha value is -4.60. The summed E-state index contributed by atoms with van der Waals surface area (Å²) in [6.45, 7) is 6.01. The Balaban J connectivity index is 0.000000322. The van der Waals surface area contributed by atoms with E-state index in [1.165, 1.54) is 18.1 Å². The van der Waals surface area contributed by atoms with Crippen LogP contribution in [0.1, 0.15) is 48.2 Å². The average molecular weight is 569 g/mol. The highest BCUT2D eigenvalue weighted by Crippen LogP contribution is 2.26. The van der Waals surface area contributed by atoms with Crippen LogP contribution in [0, 0.1) is 20.2 Å². The SMILES string of the molecule is CC(C)(C)OC(=O)N1CC[C@H](Nc2nc(C(=O)O)ccc2[N+](=O)[O-])C1.COC(=O)c1ccc([N+](=O)[O-])c(Cl)n1. The molecule has 39 heavy (non-hydrogen) atoms. The molecule has 1 aliphatic rings. The van der Waals surface area contributed by atoms with Gasteiger partial charge in [0, 0.05) is 31.3 Å². The van der Waals surface area contributed by atoms with Gasteiger partial charge in [-0.15, -0.1) is 0 Å². The molecule has 1 aliphatic heterocycles. The van der Waals surface area contributed by atoms with E-state index in [0.29, 0.717) is 13.0 Å². The van der Waals surface area contributed by atoms with Gasteiger partial charge < -0.3 is 24.8 Å². The Labute approximate surface area is 226 Å². The molecule has 1 saturated heterocycles. The quantitative estimate of drug-likeness (QED) is 0.221. The van der Waals surface area contributed by atoms with E-state index in [-0.39, 0.29) is 46.3 Å². The zero-order chi connectivity index (χ0) is 29.5. The number of carboxylic acid groups (broad SMARTS) is 1. The van der Waals surface area contributed by atoms with Crippen LogP contribution in [-0.2, 0) is 9.47 Å². The molecule has 2 aromatic heterocycles. The average Bonchev–Trinajstić information content (AvgIpc) is 3.31. The summed E-state index contributed by atoms with van der Waals surface area (Å²) in [7, 11) is 1.18. The van der Waals surface area contributed by atoms with Gasteiger partial charge in [-0.3, -0.25) is 20.2 Å². The second-order valence-corrected chi connectivity index (χ2v) is 9.30. The van der Waals surface area contributed by atoms with Crippen molar-refractivity contribution in [1.29, 1.82) is 0 Å². The highest BCUT2D eigenvalue weighted by Gasteiger charge is 2.31. The van der Waals surface area contributed by atoms with E-state index in [4.69, 9.17) is 21.4 Å². The molecule has 17 heteroatoms. The Morgan fingerprint density at radius 3 is 2.18 bits per heavy atom. The number of carbonyl (C=O) groups is 3. The van der Waals surface area contributed by atoms with Crippen molar-refractivity contribution in [1.82, 2.24) is 14.9 Å². The summed E-state index contributed by atoms with van der Waals surface area (Å²) in [5, 5.41) is 33.0. The number of amides is 1. The van der Waals surface area contributed by atoms with Gasteiger partial charge in [-0.2, -0.15) is 0 Å². The fraction of sp³-hybridized carbons (Fsp3) is 0.409. The fourth-order valence-corrected chi connectivity index (χ4v) is 3.39. The van der Waals surface area contributed by atoms with E-state index in [2.05, 4.69) is 20.0 Å². The number of nitrogens with zero attached hydrogens (tertiary/aromatic N) is 5. The van der Waals surface area contributed by atoms with E-state index < -0.39 is 33.5 Å². The first-order chi connectivity index (χ1) is 18.1. The zero-order valence-electron chi connectivity index (χ0n) is 21.2. The van der Waals surface area contributed by atoms with Crippen molar-refractivity contribution in [3.63, 3.8) is 0 Å². The molecule has 2 aromatic rings. The predicted octanol–water partition coefficient (Wildman–Crippen LogP) is 3.54. The molecule has 16 nitrogen and oxygen atoms in total. The van der Waals surface area contributed by atoms with E-state index in [1.807, 2.05) is 0 Å². The van der Waals surface area contributed by atoms with Gasteiger partial charge >= 0.3 is 29.4 Å². The number of methoxy groups -OCH3 is 1. The van der Waals surface area contributed by atoms with E-state index >= 15 is 0 Å². The molecule has 210 valence electrons. The van der Waals surface area contributed by atoms with Gasteiger partial charge in [-0.1, -0.05) is 11.6 Å². The monoisotopic (exact) mass is 568 g/mol. The maximum atomic E-state index is 12.1. The van der Waals surface area contributed by atoms with Gasteiger partial charge in [0.25, 0.3) is 0 Å². The summed E-state index contributed by atoms with van der Waals surface area (Å²) in [4.78, 5) is 62.9. The number of aromatic nitrogens is 2. The van der Waals surface area contributed by atoms with Crippen LogP contribution in [0.3, 0.4) is 0 Å². The summed E-state index contributed by atoms with van der Waals surface area (Å²) < 4.78 is 9.65. The third-order valence-electron chi connectivity index (χ3n) is 4.89. The minimum absolute atomic E-state index is 0.0666. The van der Waals surface area contributed by atoms with Crippen molar-refractivity contribution >= 4 is 46.8 Å². The van der Waals surface area contributed by atoms with Gasteiger partial charge in [0.2, 0.25) is 11.0 Å². The van der Waals surface area contributed by atoms with Gasteiger partial charge in [-0.25, -0.2) is 24.4 Å². The second-order valence-electron chi connectivity index (χ2n) is 8.94. The van der Waals surface area contributed by atoms with Crippen LogP contribution in [0.2, 0.25) is 5.15 Å². The van der Waals surface area contributed by atoms with Crippen LogP contribution < -0.4 is 5.32 Å². The van der Waals surface area contributed by atoms with Crippen molar-refractivity contribution in [3.05, 3.63) is 61.0 Å². The van der Waals surface area contributed by atoms with Crippen LogP contribution in [0.5, 0.6) is 0 Å². The summed E-state index contributed by atoms with van der Waals surface area (Å²) in [6.07, 6.45) is 0.0774. The lowest BCUT2D eigenvalue weighted by Gasteiger charge is -2.24. The van der Waals surface area contributed by atoms with Crippen LogP contribution >= 0.6 is 11.6 Å². The lowest BCUT2D eigenvalue weighted by molar-refractivity contribution is -0.385. The summed E-state index contributed by atoms with van der Waals surface area (Å²) >= 11 is 5.46. The third kappa shape index (κ3) is 8.74. The maximum absolute atomic E-state index is 12.1. The number of anilines is 1. The first-order valence-corrected chi connectivity index (χ1v) is 11.5. The molecule has 1 atom stereocenters. The molecule has 2 N–H and O–H groups in total. The highest BCUT2D eigenvalue weighted by molar-refractivity contribution is 6.31. The standard InChI is InChI=1S/C15H20N4O6.C7H5ClN2O4/c1-15(2,3)25-14(22)18-7-6-9(8-18)16-12-11(19(23)24)5-4-10(17-12)13(20)21;1-14-7(11)4-2-3-5(10(12)13)6(8)9-4/h4-5,9H,6-8H2,1-3H3,(H,16,17)(H,20,21);2-3H,1H3/t9-;/m0./s1. The molecule has 3 rings (SSSR count). The van der Waals surface area contributed by atoms with Crippen LogP contribution in [0.4, 0.5) is 22.0 Å². The third-order valence-corrected chi connectivity index (χ3v) is 5.17. The first kappa shape index (κ1) is 30.6. The number of ether oxygens (including phenoxy) is 2. The maximum Gasteiger partial charge on any atom is 0.410 e. The van der Waals surface area contributed by atoms with E-state index in [1.54, 1.807) is 20.8 Å². The molecule has 1 fully saturated rings. The minimum Gasteiger partial charge on any atom is -0.477 e. The van der Waals surface area contributed by atoms with E-state index in [9.17, 15) is 34.6 Å². The molecule has 1 amide bonds. The van der Waals surface area contributed by atoms with Gasteiger partial charge in [0.15, 0.2) is 11.4 Å². The molecule has 0 spiro atoms. The lowest BCUT2D eigenvalue weighted by Crippen LogP contribution is -2.36. The molecule has 0 aromatic carbocycles. The number of pyridine rings is 2. The number of hydrogen-bond donors (Lipinski definition) is 2. The van der Waals surface area contributed by atoms with Crippen LogP contribution in [0.25, 0.3) is 0 Å². The molecule has 0 unspecified atom stereocenters. The number of likely N-dealkylation sites (tertiary alicyclic amines) is 1. The Kier molecular flexibility index (Phi) is 10.0. The number of rotatable bonds is 6. The lowest BCUT2D eigenvalue weighted by atomic mass is 10.2. The number of aromatic carboxylic acids is 1. The van der Waals surface area contributed by atoms with Crippen molar-refractivity contribution in [2.45, 2.75) is 38.8 Å². The topological polar surface area (TPSA) is 217 Å². The Bertz CT molecular complexity index is 1280. The molecule has 0 aliphatic carbocycles. The molecule has 0 bridgehead atoms. The second kappa shape index (κ2) is 12.8. The molecule has 0 radical (unpaired) electrons. The number of carboxylic acids is 1.